The topological polar surface area (TPSA) is 71.2 Å². The quantitative estimate of drug-likeness (QED) is 0.667. The van der Waals surface area contributed by atoms with Gasteiger partial charge in [0.15, 0.2) is 11.6 Å². The molecular formula is C14H14F2N4O. The summed E-state index contributed by atoms with van der Waals surface area (Å²) in [7, 11) is 1.46. The molecule has 3 N–H and O–H groups in total. The average Bonchev–Trinajstić information content (AvgIpc) is 2.49. The number of hydrazine groups is 1. The van der Waals surface area contributed by atoms with Crippen LogP contribution in [0.1, 0.15) is 15.9 Å². The second-order valence-corrected chi connectivity index (χ2v) is 4.42. The maximum Gasteiger partial charge on any atom is 0.257 e. The summed E-state index contributed by atoms with van der Waals surface area (Å²) in [6.07, 6.45) is 1.27. The fourth-order valence-electron chi connectivity index (χ4n) is 1.87. The SMILES string of the molecule is CN(Cc1ccccc1F)C(=O)c1ccnc(NN)c1F. The van der Waals surface area contributed by atoms with E-state index in [0.717, 1.165) is 0 Å². The van der Waals surface area contributed by atoms with Gasteiger partial charge in [-0.3, -0.25) is 4.79 Å². The van der Waals surface area contributed by atoms with Gasteiger partial charge in [-0.25, -0.2) is 19.6 Å². The Kier molecular flexibility index (Phi) is 4.44. The Hall–Kier alpha value is -2.54. The van der Waals surface area contributed by atoms with Crippen molar-refractivity contribution in [3.8, 4) is 0 Å². The number of aromatic nitrogens is 1. The van der Waals surface area contributed by atoms with Gasteiger partial charge in [-0.15, -0.1) is 0 Å². The highest BCUT2D eigenvalue weighted by molar-refractivity contribution is 5.95. The number of halogens is 2. The number of rotatable bonds is 4. The lowest BCUT2D eigenvalue weighted by Crippen LogP contribution is -2.28. The first-order chi connectivity index (χ1) is 10.0. The number of nitrogens with two attached hydrogens (primary N) is 1. The van der Waals surface area contributed by atoms with Gasteiger partial charge in [0, 0.05) is 25.4 Å². The molecule has 21 heavy (non-hydrogen) atoms. The van der Waals surface area contributed by atoms with Gasteiger partial charge in [-0.2, -0.15) is 0 Å². The minimum atomic E-state index is -0.842. The van der Waals surface area contributed by atoms with E-state index in [4.69, 9.17) is 5.84 Å². The standard InChI is InChI=1S/C14H14F2N4O/c1-20(8-9-4-2-3-5-11(9)15)14(21)10-6-7-18-13(19-17)12(10)16/h2-7H,8,17H2,1H3,(H,18,19). The van der Waals surface area contributed by atoms with E-state index in [2.05, 4.69) is 10.4 Å². The Labute approximate surface area is 120 Å². The number of nitrogens with zero attached hydrogens (tertiary/aromatic N) is 2. The number of carbonyl (C=O) groups excluding carboxylic acids is 1. The zero-order chi connectivity index (χ0) is 15.4. The van der Waals surface area contributed by atoms with Crippen molar-refractivity contribution >= 4 is 11.7 Å². The van der Waals surface area contributed by atoms with Gasteiger partial charge in [0.25, 0.3) is 5.91 Å². The summed E-state index contributed by atoms with van der Waals surface area (Å²) in [6, 6.07) is 7.34. The Morgan fingerprint density at radius 1 is 1.33 bits per heavy atom. The molecule has 7 heteroatoms. The van der Waals surface area contributed by atoms with Gasteiger partial charge in [0.2, 0.25) is 0 Å². The number of anilines is 1. The van der Waals surface area contributed by atoms with Crippen LogP contribution >= 0.6 is 0 Å². The largest absolute Gasteiger partial charge is 0.337 e. The summed E-state index contributed by atoms with van der Waals surface area (Å²) in [5, 5.41) is 0. The Morgan fingerprint density at radius 2 is 2.05 bits per heavy atom. The molecule has 1 aromatic carbocycles. The molecule has 110 valence electrons. The summed E-state index contributed by atoms with van der Waals surface area (Å²) in [5.74, 6) is 3.04. The van der Waals surface area contributed by atoms with Crippen LogP contribution in [0.2, 0.25) is 0 Å². The lowest BCUT2D eigenvalue weighted by molar-refractivity contribution is 0.0779. The molecule has 0 saturated heterocycles. The van der Waals surface area contributed by atoms with E-state index in [1.807, 2.05) is 0 Å². The molecule has 0 saturated carbocycles. The molecule has 0 spiro atoms. The predicted octanol–water partition coefficient (Wildman–Crippen LogP) is 1.92. The van der Waals surface area contributed by atoms with Crippen LogP contribution in [0, 0.1) is 11.6 Å². The van der Waals surface area contributed by atoms with Crippen molar-refractivity contribution in [1.29, 1.82) is 0 Å². The minimum absolute atomic E-state index is 0.0264. The van der Waals surface area contributed by atoms with E-state index >= 15 is 0 Å². The molecule has 2 aromatic rings. The second kappa shape index (κ2) is 6.27. The normalized spacial score (nSPS) is 10.3. The number of hydrogen-bond donors (Lipinski definition) is 2. The third-order valence-corrected chi connectivity index (χ3v) is 2.97. The lowest BCUT2D eigenvalue weighted by atomic mass is 10.1. The molecule has 0 bridgehead atoms. The molecule has 0 radical (unpaired) electrons. The van der Waals surface area contributed by atoms with Gasteiger partial charge in [0.05, 0.1) is 5.56 Å². The summed E-state index contributed by atoms with van der Waals surface area (Å²) < 4.78 is 27.5. The van der Waals surface area contributed by atoms with E-state index in [9.17, 15) is 13.6 Å². The zero-order valence-electron chi connectivity index (χ0n) is 11.3. The van der Waals surface area contributed by atoms with Gasteiger partial charge in [-0.1, -0.05) is 18.2 Å². The molecule has 5 nitrogen and oxygen atoms in total. The van der Waals surface area contributed by atoms with Crippen molar-refractivity contribution < 1.29 is 13.6 Å². The molecule has 0 atom stereocenters. The summed E-state index contributed by atoms with van der Waals surface area (Å²) in [6.45, 7) is 0.0264. The van der Waals surface area contributed by atoms with Crippen molar-refractivity contribution in [3.05, 3.63) is 59.3 Å². The van der Waals surface area contributed by atoms with Gasteiger partial charge >= 0.3 is 0 Å². The highest BCUT2D eigenvalue weighted by Gasteiger charge is 2.19. The van der Waals surface area contributed by atoms with E-state index in [0.29, 0.717) is 5.56 Å². The third kappa shape index (κ3) is 3.14. The van der Waals surface area contributed by atoms with Crippen molar-refractivity contribution in [3.63, 3.8) is 0 Å². The first kappa shape index (κ1) is 14.9. The van der Waals surface area contributed by atoms with Crippen molar-refractivity contribution in [2.75, 3.05) is 12.5 Å². The van der Waals surface area contributed by atoms with E-state index in [1.165, 1.54) is 30.3 Å². The highest BCUT2D eigenvalue weighted by atomic mass is 19.1. The maximum atomic E-state index is 14.0. The van der Waals surface area contributed by atoms with Gasteiger partial charge in [-0.05, 0) is 12.1 Å². The number of pyridine rings is 1. The first-order valence-electron chi connectivity index (χ1n) is 6.14. The molecule has 2 rings (SSSR count). The number of hydrogen-bond acceptors (Lipinski definition) is 4. The summed E-state index contributed by atoms with van der Waals surface area (Å²) in [4.78, 5) is 17.1. The molecule has 1 heterocycles. The smallest absolute Gasteiger partial charge is 0.257 e. The molecule has 0 unspecified atom stereocenters. The van der Waals surface area contributed by atoms with Crippen molar-refractivity contribution in [2.24, 2.45) is 5.84 Å². The van der Waals surface area contributed by atoms with E-state index < -0.39 is 17.5 Å². The number of benzene rings is 1. The Morgan fingerprint density at radius 3 is 2.71 bits per heavy atom. The average molecular weight is 292 g/mol. The second-order valence-electron chi connectivity index (χ2n) is 4.42. The molecule has 1 amide bonds. The molecule has 0 aliphatic heterocycles. The predicted molar refractivity (Wildman–Crippen MR) is 74.2 cm³/mol. The Balaban J connectivity index is 2.22. The molecule has 0 aliphatic rings. The first-order valence-corrected chi connectivity index (χ1v) is 6.14. The number of amides is 1. The zero-order valence-corrected chi connectivity index (χ0v) is 11.3. The van der Waals surface area contributed by atoms with Crippen LogP contribution in [0.4, 0.5) is 14.6 Å². The number of carbonyl (C=O) groups is 1. The van der Waals surface area contributed by atoms with Crippen LogP contribution in [0.3, 0.4) is 0 Å². The van der Waals surface area contributed by atoms with Crippen LogP contribution in [-0.2, 0) is 6.54 Å². The van der Waals surface area contributed by atoms with Crippen LogP contribution in [0.25, 0.3) is 0 Å². The highest BCUT2D eigenvalue weighted by Crippen LogP contribution is 2.17. The monoisotopic (exact) mass is 292 g/mol. The van der Waals surface area contributed by atoms with Crippen LogP contribution in [-0.4, -0.2) is 22.8 Å². The molecular weight excluding hydrogens is 278 g/mol. The molecule has 0 aliphatic carbocycles. The van der Waals surface area contributed by atoms with Crippen LogP contribution in [0.15, 0.2) is 36.5 Å². The minimum Gasteiger partial charge on any atom is -0.337 e. The van der Waals surface area contributed by atoms with Crippen LogP contribution < -0.4 is 11.3 Å². The van der Waals surface area contributed by atoms with Crippen LogP contribution in [0.5, 0.6) is 0 Å². The van der Waals surface area contributed by atoms with Gasteiger partial charge < -0.3 is 10.3 Å². The molecule has 0 fully saturated rings. The Bertz CT molecular complexity index is 663. The fourth-order valence-corrected chi connectivity index (χ4v) is 1.87. The van der Waals surface area contributed by atoms with Gasteiger partial charge in [0.1, 0.15) is 5.82 Å². The van der Waals surface area contributed by atoms with E-state index in [1.54, 1.807) is 18.2 Å². The number of nitrogen functional groups attached to an aromatic ring is 1. The third-order valence-electron chi connectivity index (χ3n) is 2.97. The van der Waals surface area contributed by atoms with Crippen molar-refractivity contribution in [2.45, 2.75) is 6.54 Å². The lowest BCUT2D eigenvalue weighted by Gasteiger charge is -2.18. The summed E-state index contributed by atoms with van der Waals surface area (Å²) >= 11 is 0. The van der Waals surface area contributed by atoms with E-state index in [-0.39, 0.29) is 17.9 Å². The molecule has 1 aromatic heterocycles. The summed E-state index contributed by atoms with van der Waals surface area (Å²) in [5.41, 5.74) is 2.24. The fraction of sp³-hybridized carbons (Fsp3) is 0.143. The number of nitrogens with one attached hydrogen (secondary N) is 1. The van der Waals surface area contributed by atoms with Crippen molar-refractivity contribution in [1.82, 2.24) is 9.88 Å². The maximum absolute atomic E-state index is 14.0.